The van der Waals surface area contributed by atoms with E-state index in [2.05, 4.69) is 12.6 Å². The Morgan fingerprint density at radius 1 is 1.41 bits per heavy atom. The number of hydroxylamine groups is 2. The molecule has 1 aliphatic rings. The fraction of sp³-hybridized carbons (Fsp3) is 0.556. The van der Waals surface area contributed by atoms with E-state index in [-0.39, 0.29) is 29.5 Å². The second-order valence-corrected chi connectivity index (χ2v) is 8.63. The average molecular weight is 444 g/mol. The highest BCUT2D eigenvalue weighted by Gasteiger charge is 2.43. The summed E-state index contributed by atoms with van der Waals surface area (Å²) in [6, 6.07) is 5.44. The minimum atomic E-state index is -0.542. The van der Waals surface area contributed by atoms with Gasteiger partial charge in [0.15, 0.2) is 0 Å². The lowest BCUT2D eigenvalue weighted by molar-refractivity contribution is -0.384. The SMILES string of the molecule is CCSC(C(=O)N(C)OC)[C@@H]1C[C@@H](S)CN1C(=O)OCc1ccc([N+](=O)[O-])cc1. The lowest BCUT2D eigenvalue weighted by Gasteiger charge is -2.31. The van der Waals surface area contributed by atoms with Crippen LogP contribution < -0.4 is 0 Å². The maximum absolute atomic E-state index is 12.7. The second-order valence-electron chi connectivity index (χ2n) is 6.48. The Bertz CT molecular complexity index is 733. The molecule has 2 rings (SSSR count). The number of ether oxygens (including phenoxy) is 1. The molecule has 3 atom stereocenters. The topological polar surface area (TPSA) is 102 Å². The van der Waals surface area contributed by atoms with Crippen LogP contribution in [-0.2, 0) is 21.0 Å². The Morgan fingerprint density at radius 3 is 2.62 bits per heavy atom. The normalized spacial score (nSPS) is 19.7. The molecule has 1 saturated heterocycles. The van der Waals surface area contributed by atoms with E-state index in [0.717, 1.165) is 0 Å². The first-order chi connectivity index (χ1) is 13.8. The van der Waals surface area contributed by atoms with E-state index >= 15 is 0 Å². The van der Waals surface area contributed by atoms with Gasteiger partial charge in [0, 0.05) is 31.0 Å². The van der Waals surface area contributed by atoms with Gasteiger partial charge in [-0.25, -0.2) is 9.86 Å². The van der Waals surface area contributed by atoms with Crippen LogP contribution in [-0.4, -0.2) is 69.9 Å². The van der Waals surface area contributed by atoms with Crippen molar-refractivity contribution in [2.75, 3.05) is 26.5 Å². The summed E-state index contributed by atoms with van der Waals surface area (Å²) in [5.41, 5.74) is 0.606. The van der Waals surface area contributed by atoms with E-state index in [4.69, 9.17) is 9.57 Å². The first kappa shape index (κ1) is 23.3. The quantitative estimate of drug-likeness (QED) is 0.374. The Morgan fingerprint density at radius 2 is 2.07 bits per heavy atom. The molecule has 0 saturated carbocycles. The van der Waals surface area contributed by atoms with Gasteiger partial charge in [0.05, 0.1) is 18.1 Å². The Hall–Kier alpha value is -1.98. The molecule has 1 fully saturated rings. The van der Waals surface area contributed by atoms with E-state index in [1.54, 1.807) is 12.1 Å². The number of carbonyl (C=O) groups excluding carboxylic acids is 2. The maximum Gasteiger partial charge on any atom is 0.410 e. The summed E-state index contributed by atoms with van der Waals surface area (Å²) in [6.45, 7) is 2.30. The molecule has 0 bridgehead atoms. The van der Waals surface area contributed by atoms with Crippen LogP contribution in [0.4, 0.5) is 10.5 Å². The number of nitrogens with zero attached hydrogens (tertiary/aromatic N) is 3. The van der Waals surface area contributed by atoms with E-state index in [1.807, 2.05) is 6.92 Å². The molecule has 1 aliphatic heterocycles. The van der Waals surface area contributed by atoms with Gasteiger partial charge in [-0.15, -0.1) is 11.8 Å². The van der Waals surface area contributed by atoms with Crippen molar-refractivity contribution in [3.05, 3.63) is 39.9 Å². The standard InChI is InChI=1S/C18H25N3O6S2/c1-4-29-16(17(22)19(2)26-3)15-9-14(28)10-20(15)18(23)27-11-12-5-7-13(8-6-12)21(24)25/h5-8,14-16,28H,4,9-11H2,1-3H3/t14-,15+,16?/m1/s1. The van der Waals surface area contributed by atoms with Crippen molar-refractivity contribution in [1.29, 1.82) is 0 Å². The molecular formula is C18H25N3O6S2. The first-order valence-corrected chi connectivity index (χ1v) is 10.6. The van der Waals surface area contributed by atoms with Gasteiger partial charge >= 0.3 is 6.09 Å². The lowest BCUT2D eigenvalue weighted by Crippen LogP contribution is -2.48. The molecule has 1 unspecified atom stereocenters. The van der Waals surface area contributed by atoms with Gasteiger partial charge < -0.3 is 9.64 Å². The number of amides is 2. The highest BCUT2D eigenvalue weighted by Crippen LogP contribution is 2.32. The molecule has 1 aromatic rings. The number of carbonyl (C=O) groups is 2. The summed E-state index contributed by atoms with van der Waals surface area (Å²) in [4.78, 5) is 42.2. The molecule has 11 heteroatoms. The third-order valence-electron chi connectivity index (χ3n) is 4.59. The third-order valence-corrected chi connectivity index (χ3v) is 6.17. The summed E-state index contributed by atoms with van der Waals surface area (Å²) in [5, 5.41) is 11.3. The number of thioether (sulfide) groups is 1. The largest absolute Gasteiger partial charge is 0.445 e. The van der Waals surface area contributed by atoms with Crippen LogP contribution in [0.5, 0.6) is 0 Å². The van der Waals surface area contributed by atoms with Gasteiger partial charge in [-0.2, -0.15) is 12.6 Å². The molecule has 0 spiro atoms. The smallest absolute Gasteiger partial charge is 0.410 e. The number of nitro benzene ring substituents is 1. The van der Waals surface area contributed by atoms with Crippen molar-refractivity contribution in [3.63, 3.8) is 0 Å². The third kappa shape index (κ3) is 6.00. The summed E-state index contributed by atoms with van der Waals surface area (Å²) in [6.07, 6.45) is 0.0240. The highest BCUT2D eigenvalue weighted by atomic mass is 32.2. The van der Waals surface area contributed by atoms with Gasteiger partial charge in [-0.05, 0) is 29.9 Å². The zero-order chi connectivity index (χ0) is 21.6. The Balaban J connectivity index is 2.08. The van der Waals surface area contributed by atoms with E-state index in [0.29, 0.717) is 24.3 Å². The fourth-order valence-electron chi connectivity index (χ4n) is 3.08. The molecular weight excluding hydrogens is 418 g/mol. The number of hydrogen-bond donors (Lipinski definition) is 1. The van der Waals surface area contributed by atoms with Gasteiger partial charge in [0.1, 0.15) is 11.9 Å². The minimum absolute atomic E-state index is 0.0191. The number of benzene rings is 1. The van der Waals surface area contributed by atoms with E-state index in [9.17, 15) is 19.7 Å². The first-order valence-electron chi connectivity index (χ1n) is 9.06. The Labute approximate surface area is 179 Å². The van der Waals surface area contributed by atoms with Crippen LogP contribution in [0.1, 0.15) is 18.9 Å². The minimum Gasteiger partial charge on any atom is -0.445 e. The molecule has 2 amide bonds. The van der Waals surface area contributed by atoms with Crippen LogP contribution in [0, 0.1) is 10.1 Å². The van der Waals surface area contributed by atoms with Gasteiger partial charge in [-0.1, -0.05) is 6.92 Å². The predicted molar refractivity (Wildman–Crippen MR) is 113 cm³/mol. The van der Waals surface area contributed by atoms with Crippen molar-refractivity contribution in [2.45, 2.75) is 36.5 Å². The molecule has 0 aliphatic carbocycles. The van der Waals surface area contributed by atoms with Crippen molar-refractivity contribution < 1.29 is 24.1 Å². The summed E-state index contributed by atoms with van der Waals surface area (Å²) in [7, 11) is 2.95. The van der Waals surface area contributed by atoms with Crippen LogP contribution in [0.15, 0.2) is 24.3 Å². The van der Waals surface area contributed by atoms with Crippen molar-refractivity contribution in [3.8, 4) is 0 Å². The zero-order valence-corrected chi connectivity index (χ0v) is 18.2. The fourth-order valence-corrected chi connectivity index (χ4v) is 4.60. The van der Waals surface area contributed by atoms with E-state index < -0.39 is 16.3 Å². The van der Waals surface area contributed by atoms with Gasteiger partial charge in [-0.3, -0.25) is 19.7 Å². The molecule has 0 N–H and O–H groups in total. The average Bonchev–Trinajstić information content (AvgIpc) is 3.10. The highest BCUT2D eigenvalue weighted by molar-refractivity contribution is 8.00. The van der Waals surface area contributed by atoms with Crippen molar-refractivity contribution in [1.82, 2.24) is 9.96 Å². The number of nitro groups is 1. The Kier molecular flexibility index (Phi) is 8.60. The second kappa shape index (κ2) is 10.7. The number of rotatable bonds is 8. The maximum atomic E-state index is 12.7. The predicted octanol–water partition coefficient (Wildman–Crippen LogP) is 2.75. The molecule has 9 nitrogen and oxygen atoms in total. The summed E-state index contributed by atoms with van der Waals surface area (Å²) < 4.78 is 5.40. The van der Waals surface area contributed by atoms with Crippen LogP contribution in [0.2, 0.25) is 0 Å². The molecule has 29 heavy (non-hydrogen) atoms. The summed E-state index contributed by atoms with van der Waals surface area (Å²) >= 11 is 5.95. The van der Waals surface area contributed by atoms with E-state index in [1.165, 1.54) is 48.0 Å². The van der Waals surface area contributed by atoms with Crippen molar-refractivity contribution in [2.24, 2.45) is 0 Å². The number of non-ortho nitro benzene ring substituents is 1. The molecule has 1 aromatic carbocycles. The molecule has 1 heterocycles. The van der Waals surface area contributed by atoms with Gasteiger partial charge in [0.2, 0.25) is 0 Å². The van der Waals surface area contributed by atoms with Crippen LogP contribution in [0.25, 0.3) is 0 Å². The van der Waals surface area contributed by atoms with Crippen LogP contribution >= 0.6 is 24.4 Å². The zero-order valence-electron chi connectivity index (χ0n) is 16.5. The van der Waals surface area contributed by atoms with Gasteiger partial charge in [0.25, 0.3) is 11.6 Å². The molecule has 160 valence electrons. The monoisotopic (exact) mass is 443 g/mol. The van der Waals surface area contributed by atoms with Crippen molar-refractivity contribution >= 4 is 42.1 Å². The lowest BCUT2D eigenvalue weighted by atomic mass is 10.1. The number of likely N-dealkylation sites (tertiary alicyclic amines) is 1. The molecule has 0 radical (unpaired) electrons. The van der Waals surface area contributed by atoms with Crippen LogP contribution in [0.3, 0.4) is 0 Å². The molecule has 0 aromatic heterocycles. The number of hydrogen-bond acceptors (Lipinski definition) is 8. The number of thiol groups is 1. The summed E-state index contributed by atoms with van der Waals surface area (Å²) in [5.74, 6) is 0.480.